The summed E-state index contributed by atoms with van der Waals surface area (Å²) in [5, 5.41) is 38.7. The fraction of sp³-hybridized carbons (Fsp3) is 0.467. The molecule has 21 heavy (non-hydrogen) atoms. The predicted octanol–water partition coefficient (Wildman–Crippen LogP) is -0.336. The summed E-state index contributed by atoms with van der Waals surface area (Å²) in [5.74, 6) is -3.71. The van der Waals surface area contributed by atoms with Gasteiger partial charge in [0, 0.05) is 6.42 Å². The number of carbonyl (C=O) groups is 2. The van der Waals surface area contributed by atoms with Gasteiger partial charge in [-0.3, -0.25) is 4.79 Å². The molecule has 2 unspecified atom stereocenters. The Morgan fingerprint density at radius 2 is 1.86 bits per heavy atom. The highest BCUT2D eigenvalue weighted by atomic mass is 16.4. The van der Waals surface area contributed by atoms with Crippen molar-refractivity contribution in [3.63, 3.8) is 0 Å². The molecular formula is C15H18O6. The summed E-state index contributed by atoms with van der Waals surface area (Å²) in [7, 11) is 0. The largest absolute Gasteiger partial charge is 0.479 e. The number of aliphatic carboxylic acids is 1. The second-order valence-electron chi connectivity index (χ2n) is 5.59. The van der Waals surface area contributed by atoms with Crippen LogP contribution in [0.15, 0.2) is 24.3 Å². The molecule has 1 fully saturated rings. The molecule has 1 saturated carbocycles. The molecule has 0 amide bonds. The number of hydrogen-bond donors (Lipinski definition) is 4. The number of carboxylic acid groups (broad SMARTS) is 1. The van der Waals surface area contributed by atoms with Gasteiger partial charge in [-0.15, -0.1) is 0 Å². The summed E-state index contributed by atoms with van der Waals surface area (Å²) in [4.78, 5) is 23.4. The highest BCUT2D eigenvalue weighted by Gasteiger charge is 2.55. The van der Waals surface area contributed by atoms with Gasteiger partial charge >= 0.3 is 5.97 Å². The monoisotopic (exact) mass is 294 g/mol. The third-order valence-corrected chi connectivity index (χ3v) is 4.03. The van der Waals surface area contributed by atoms with E-state index in [2.05, 4.69) is 0 Å². The van der Waals surface area contributed by atoms with Gasteiger partial charge in [0.1, 0.15) is 6.10 Å². The van der Waals surface area contributed by atoms with Crippen LogP contribution >= 0.6 is 0 Å². The zero-order valence-electron chi connectivity index (χ0n) is 11.6. The molecule has 0 spiro atoms. The molecule has 1 aliphatic carbocycles. The lowest BCUT2D eigenvalue weighted by atomic mass is 9.69. The van der Waals surface area contributed by atoms with Gasteiger partial charge < -0.3 is 20.4 Å². The van der Waals surface area contributed by atoms with E-state index in [1.54, 1.807) is 12.1 Å². The van der Waals surface area contributed by atoms with Crippen molar-refractivity contribution >= 4 is 11.8 Å². The predicted molar refractivity (Wildman–Crippen MR) is 72.6 cm³/mol. The molecule has 6 heteroatoms. The number of carboxylic acids is 1. The summed E-state index contributed by atoms with van der Waals surface area (Å²) in [5.41, 5.74) is -0.680. The number of hydrogen-bond acceptors (Lipinski definition) is 5. The van der Waals surface area contributed by atoms with Crippen molar-refractivity contribution < 1.29 is 30.0 Å². The Morgan fingerprint density at radius 1 is 1.29 bits per heavy atom. The molecule has 0 radical (unpaired) electrons. The molecule has 1 aromatic carbocycles. The first-order valence-corrected chi connectivity index (χ1v) is 6.67. The number of carbonyl (C=O) groups excluding carboxylic acids is 1. The van der Waals surface area contributed by atoms with Gasteiger partial charge in [-0.2, -0.15) is 0 Å². The maximum absolute atomic E-state index is 12.1. The highest BCUT2D eigenvalue weighted by molar-refractivity contribution is 5.94. The van der Waals surface area contributed by atoms with E-state index in [1.807, 2.05) is 19.1 Å². The Kier molecular flexibility index (Phi) is 4.13. The molecule has 0 aliphatic heterocycles. The first kappa shape index (κ1) is 15.6. The van der Waals surface area contributed by atoms with Gasteiger partial charge in [0.05, 0.1) is 12.0 Å². The zero-order chi connectivity index (χ0) is 15.8. The number of benzene rings is 1. The minimum absolute atomic E-state index is 0.00824. The fourth-order valence-electron chi connectivity index (χ4n) is 2.67. The highest BCUT2D eigenvalue weighted by Crippen LogP contribution is 2.34. The van der Waals surface area contributed by atoms with Crippen LogP contribution in [0.5, 0.6) is 0 Å². The third kappa shape index (κ3) is 2.83. The molecule has 0 bridgehead atoms. The van der Waals surface area contributed by atoms with E-state index < -0.39 is 41.9 Å². The van der Waals surface area contributed by atoms with Gasteiger partial charge in [-0.05, 0) is 18.9 Å². The van der Waals surface area contributed by atoms with Crippen molar-refractivity contribution in [2.24, 2.45) is 5.92 Å². The SMILES string of the molecule is Cc1ccc(CC2C(=O)[C@@H](O)C(O)C[C@]2(O)C(=O)O)cc1. The van der Waals surface area contributed by atoms with Gasteiger partial charge in [-0.1, -0.05) is 29.8 Å². The Hall–Kier alpha value is -1.76. The van der Waals surface area contributed by atoms with Crippen LogP contribution in [0.2, 0.25) is 0 Å². The molecule has 4 N–H and O–H groups in total. The van der Waals surface area contributed by atoms with Crippen molar-refractivity contribution in [3.05, 3.63) is 35.4 Å². The van der Waals surface area contributed by atoms with Crippen LogP contribution in [0.4, 0.5) is 0 Å². The van der Waals surface area contributed by atoms with Crippen LogP contribution < -0.4 is 0 Å². The topological polar surface area (TPSA) is 115 Å². The average Bonchev–Trinajstić information content (AvgIpc) is 2.43. The number of rotatable bonds is 3. The van der Waals surface area contributed by atoms with Crippen molar-refractivity contribution in [2.75, 3.05) is 0 Å². The standard InChI is InChI=1S/C15H18O6/c1-8-2-4-9(5-3-8)6-10-12(17)13(18)11(16)7-15(10,21)14(19)20/h2-5,10-11,13,16,18,21H,6-7H2,1H3,(H,19,20)/t10?,11?,13-,15+/m0/s1. The molecule has 4 atom stereocenters. The second kappa shape index (κ2) is 5.55. The Bertz CT molecular complexity index is 552. The summed E-state index contributed by atoms with van der Waals surface area (Å²) in [6.45, 7) is 1.89. The number of ketones is 1. The maximum atomic E-state index is 12.1. The quantitative estimate of drug-likeness (QED) is 0.606. The Balaban J connectivity index is 2.33. The lowest BCUT2D eigenvalue weighted by Crippen LogP contribution is -2.61. The normalized spacial score (nSPS) is 33.0. The molecule has 114 valence electrons. The molecular weight excluding hydrogens is 276 g/mol. The number of Topliss-reactive ketones (excluding diaryl/α,β-unsaturated/α-hetero) is 1. The van der Waals surface area contributed by atoms with Crippen molar-refractivity contribution in [1.29, 1.82) is 0 Å². The molecule has 0 heterocycles. The van der Waals surface area contributed by atoms with Crippen LogP contribution in [0.3, 0.4) is 0 Å². The van der Waals surface area contributed by atoms with Crippen molar-refractivity contribution in [1.82, 2.24) is 0 Å². The Morgan fingerprint density at radius 3 is 2.38 bits per heavy atom. The summed E-state index contributed by atoms with van der Waals surface area (Å²) in [6, 6.07) is 7.10. The fourth-order valence-corrected chi connectivity index (χ4v) is 2.67. The van der Waals surface area contributed by atoms with Crippen LogP contribution in [0, 0.1) is 12.8 Å². The van der Waals surface area contributed by atoms with E-state index in [-0.39, 0.29) is 6.42 Å². The molecule has 1 aliphatic rings. The zero-order valence-corrected chi connectivity index (χ0v) is 11.6. The van der Waals surface area contributed by atoms with Gasteiger partial charge in [0.2, 0.25) is 0 Å². The lowest BCUT2D eigenvalue weighted by Gasteiger charge is -2.39. The van der Waals surface area contributed by atoms with E-state index in [0.717, 1.165) is 5.56 Å². The molecule has 2 rings (SSSR count). The summed E-state index contributed by atoms with van der Waals surface area (Å²) in [6.07, 6.45) is -3.83. The van der Waals surface area contributed by atoms with Crippen molar-refractivity contribution in [2.45, 2.75) is 37.6 Å². The van der Waals surface area contributed by atoms with E-state index in [1.165, 1.54) is 0 Å². The summed E-state index contributed by atoms with van der Waals surface area (Å²) >= 11 is 0. The van der Waals surface area contributed by atoms with Crippen LogP contribution in [0.25, 0.3) is 0 Å². The third-order valence-electron chi connectivity index (χ3n) is 4.03. The smallest absolute Gasteiger partial charge is 0.336 e. The van der Waals surface area contributed by atoms with Gasteiger partial charge in [0.25, 0.3) is 0 Å². The van der Waals surface area contributed by atoms with E-state index >= 15 is 0 Å². The average molecular weight is 294 g/mol. The molecule has 0 saturated heterocycles. The number of aliphatic hydroxyl groups is 3. The number of aryl methyl sites for hydroxylation is 1. The maximum Gasteiger partial charge on any atom is 0.336 e. The first-order chi connectivity index (χ1) is 9.75. The van der Waals surface area contributed by atoms with Gasteiger partial charge in [0.15, 0.2) is 11.4 Å². The molecule has 1 aromatic rings. The Labute approximate surface area is 121 Å². The van der Waals surface area contributed by atoms with Crippen LogP contribution in [0.1, 0.15) is 17.5 Å². The van der Waals surface area contributed by atoms with Crippen molar-refractivity contribution in [3.8, 4) is 0 Å². The lowest BCUT2D eigenvalue weighted by molar-refractivity contribution is -0.187. The molecule has 0 aromatic heterocycles. The van der Waals surface area contributed by atoms with E-state index in [4.69, 9.17) is 0 Å². The second-order valence-corrected chi connectivity index (χ2v) is 5.59. The van der Waals surface area contributed by atoms with Crippen LogP contribution in [-0.4, -0.2) is 50.0 Å². The van der Waals surface area contributed by atoms with E-state index in [9.17, 15) is 30.0 Å². The number of aliphatic hydroxyl groups excluding tert-OH is 2. The minimum atomic E-state index is -2.37. The first-order valence-electron chi connectivity index (χ1n) is 6.67. The van der Waals surface area contributed by atoms with Crippen LogP contribution in [-0.2, 0) is 16.0 Å². The van der Waals surface area contributed by atoms with E-state index in [0.29, 0.717) is 5.56 Å². The van der Waals surface area contributed by atoms with Gasteiger partial charge in [-0.25, -0.2) is 4.79 Å². The molecule has 6 nitrogen and oxygen atoms in total. The minimum Gasteiger partial charge on any atom is -0.479 e. The summed E-state index contributed by atoms with van der Waals surface area (Å²) < 4.78 is 0.